The number of rotatable bonds is 4. The molecular weight excluding hydrogens is 236 g/mol. The summed E-state index contributed by atoms with van der Waals surface area (Å²) >= 11 is 0. The lowest BCUT2D eigenvalue weighted by atomic mass is 10.2. The van der Waals surface area contributed by atoms with Gasteiger partial charge >= 0.3 is 0 Å². The number of hydrogen-bond acceptors (Lipinski definition) is 4. The number of pyridine rings is 2. The molecule has 2 rings (SSSR count). The van der Waals surface area contributed by atoms with Gasteiger partial charge in [-0.05, 0) is 44.5 Å². The second kappa shape index (κ2) is 5.69. The zero-order chi connectivity index (χ0) is 13.8. The Balaban J connectivity index is 2.28. The third-order valence-electron chi connectivity index (χ3n) is 3.17. The fourth-order valence-corrected chi connectivity index (χ4v) is 2.03. The van der Waals surface area contributed by atoms with Crippen molar-refractivity contribution >= 4 is 11.5 Å². The summed E-state index contributed by atoms with van der Waals surface area (Å²) in [6.07, 6.45) is 1.80. The predicted molar refractivity (Wildman–Crippen MR) is 79.1 cm³/mol. The van der Waals surface area contributed by atoms with Crippen LogP contribution in [-0.2, 0) is 6.54 Å². The molecule has 0 saturated carbocycles. The maximum Gasteiger partial charge on any atom is 0.152 e. The number of aromatic nitrogens is 2. The minimum Gasteiger partial charge on any atom is -0.396 e. The van der Waals surface area contributed by atoms with E-state index in [4.69, 9.17) is 5.73 Å². The molecule has 2 aromatic rings. The molecule has 2 heterocycles. The summed E-state index contributed by atoms with van der Waals surface area (Å²) in [6.45, 7) is 7.66. The largest absolute Gasteiger partial charge is 0.396 e. The van der Waals surface area contributed by atoms with Crippen LogP contribution in [0.15, 0.2) is 30.5 Å². The summed E-state index contributed by atoms with van der Waals surface area (Å²) in [6, 6.07) is 7.98. The zero-order valence-electron chi connectivity index (χ0n) is 11.7. The highest BCUT2D eigenvalue weighted by Gasteiger charge is 2.12. The average molecular weight is 256 g/mol. The van der Waals surface area contributed by atoms with Gasteiger partial charge in [0.15, 0.2) is 5.82 Å². The molecule has 0 aliphatic carbocycles. The number of anilines is 2. The molecule has 0 atom stereocenters. The molecule has 0 fully saturated rings. The summed E-state index contributed by atoms with van der Waals surface area (Å²) < 4.78 is 0. The Morgan fingerprint density at radius 2 is 2.00 bits per heavy atom. The van der Waals surface area contributed by atoms with E-state index < -0.39 is 0 Å². The molecule has 0 spiro atoms. The third-order valence-corrected chi connectivity index (χ3v) is 3.17. The van der Waals surface area contributed by atoms with Gasteiger partial charge in [0.2, 0.25) is 0 Å². The normalized spacial score (nSPS) is 10.5. The van der Waals surface area contributed by atoms with Crippen LogP contribution in [0.2, 0.25) is 0 Å². The van der Waals surface area contributed by atoms with Gasteiger partial charge in [0, 0.05) is 18.4 Å². The lowest BCUT2D eigenvalue weighted by molar-refractivity contribution is 0.791. The Bertz CT molecular complexity index is 566. The highest BCUT2D eigenvalue weighted by atomic mass is 15.2. The van der Waals surface area contributed by atoms with E-state index in [-0.39, 0.29) is 0 Å². The van der Waals surface area contributed by atoms with Gasteiger partial charge in [0.25, 0.3) is 0 Å². The van der Waals surface area contributed by atoms with Crippen molar-refractivity contribution in [3.05, 3.63) is 47.4 Å². The van der Waals surface area contributed by atoms with E-state index >= 15 is 0 Å². The molecule has 0 unspecified atom stereocenters. The smallest absolute Gasteiger partial charge is 0.152 e. The quantitative estimate of drug-likeness (QED) is 0.913. The molecule has 2 aromatic heterocycles. The topological polar surface area (TPSA) is 55.0 Å². The van der Waals surface area contributed by atoms with Crippen molar-refractivity contribution in [2.75, 3.05) is 17.2 Å². The average Bonchev–Trinajstić information content (AvgIpc) is 2.40. The molecule has 0 radical (unpaired) electrons. The van der Waals surface area contributed by atoms with Crippen molar-refractivity contribution in [1.82, 2.24) is 9.97 Å². The molecule has 4 nitrogen and oxygen atoms in total. The van der Waals surface area contributed by atoms with Crippen LogP contribution in [0.4, 0.5) is 11.5 Å². The molecular formula is C15H20N4. The number of aryl methyl sites for hydroxylation is 2. The van der Waals surface area contributed by atoms with E-state index in [9.17, 15) is 0 Å². The van der Waals surface area contributed by atoms with Gasteiger partial charge in [-0.3, -0.25) is 4.98 Å². The van der Waals surface area contributed by atoms with Crippen molar-refractivity contribution in [2.24, 2.45) is 0 Å². The Morgan fingerprint density at radius 1 is 1.21 bits per heavy atom. The van der Waals surface area contributed by atoms with E-state index in [2.05, 4.69) is 21.8 Å². The maximum absolute atomic E-state index is 6.12. The highest BCUT2D eigenvalue weighted by Crippen LogP contribution is 2.24. The second-order valence-corrected chi connectivity index (χ2v) is 4.65. The van der Waals surface area contributed by atoms with Crippen molar-refractivity contribution in [1.29, 1.82) is 0 Å². The first-order valence-corrected chi connectivity index (χ1v) is 6.50. The Morgan fingerprint density at radius 3 is 2.68 bits per heavy atom. The first-order valence-electron chi connectivity index (χ1n) is 6.50. The van der Waals surface area contributed by atoms with Crippen LogP contribution in [0.3, 0.4) is 0 Å². The van der Waals surface area contributed by atoms with E-state index in [1.54, 1.807) is 6.20 Å². The number of nitrogens with zero attached hydrogens (tertiary/aromatic N) is 3. The molecule has 4 heteroatoms. The fourth-order valence-electron chi connectivity index (χ4n) is 2.03. The Labute approximate surface area is 114 Å². The summed E-state index contributed by atoms with van der Waals surface area (Å²) in [4.78, 5) is 11.1. The summed E-state index contributed by atoms with van der Waals surface area (Å²) in [5.74, 6) is 0.839. The minimum absolute atomic E-state index is 0.721. The third kappa shape index (κ3) is 3.02. The Hall–Kier alpha value is -2.10. The first kappa shape index (κ1) is 13.3. The molecule has 0 bridgehead atoms. The van der Waals surface area contributed by atoms with Crippen LogP contribution in [0.5, 0.6) is 0 Å². The van der Waals surface area contributed by atoms with Gasteiger partial charge in [-0.2, -0.15) is 0 Å². The van der Waals surface area contributed by atoms with Crippen molar-refractivity contribution < 1.29 is 0 Å². The van der Waals surface area contributed by atoms with E-state index in [1.807, 2.05) is 38.1 Å². The maximum atomic E-state index is 6.12. The molecule has 2 N–H and O–H groups in total. The standard InChI is InChI=1S/C15H20N4/c1-4-19(10-13-7-5-6-12(3)18-13)15-14(16)11(2)8-9-17-15/h5-9H,4,10,16H2,1-3H3. The highest BCUT2D eigenvalue weighted by molar-refractivity contribution is 5.66. The van der Waals surface area contributed by atoms with Crippen molar-refractivity contribution in [3.63, 3.8) is 0 Å². The SMILES string of the molecule is CCN(Cc1cccc(C)n1)c1nccc(C)c1N. The van der Waals surface area contributed by atoms with Gasteiger partial charge in [-0.25, -0.2) is 4.98 Å². The molecule has 0 saturated heterocycles. The van der Waals surface area contributed by atoms with Gasteiger partial charge in [-0.15, -0.1) is 0 Å². The molecule has 0 amide bonds. The van der Waals surface area contributed by atoms with Gasteiger partial charge in [0.1, 0.15) is 0 Å². The van der Waals surface area contributed by atoms with Crippen LogP contribution in [-0.4, -0.2) is 16.5 Å². The molecule has 100 valence electrons. The van der Waals surface area contributed by atoms with E-state index in [0.29, 0.717) is 0 Å². The van der Waals surface area contributed by atoms with E-state index in [1.165, 1.54) is 0 Å². The molecule has 0 aliphatic rings. The van der Waals surface area contributed by atoms with Gasteiger partial charge in [-0.1, -0.05) is 6.07 Å². The van der Waals surface area contributed by atoms with Crippen molar-refractivity contribution in [3.8, 4) is 0 Å². The molecule has 0 aliphatic heterocycles. The number of nitrogen functional groups attached to an aromatic ring is 1. The summed E-state index contributed by atoms with van der Waals surface area (Å²) in [5.41, 5.74) is 9.98. The fraction of sp³-hybridized carbons (Fsp3) is 0.333. The predicted octanol–water partition coefficient (Wildman–Crippen LogP) is 2.70. The zero-order valence-corrected chi connectivity index (χ0v) is 11.7. The monoisotopic (exact) mass is 256 g/mol. The van der Waals surface area contributed by atoms with Crippen LogP contribution in [0, 0.1) is 13.8 Å². The molecule has 0 aromatic carbocycles. The van der Waals surface area contributed by atoms with Crippen molar-refractivity contribution in [2.45, 2.75) is 27.3 Å². The lowest BCUT2D eigenvalue weighted by Gasteiger charge is -2.23. The number of nitrogens with two attached hydrogens (primary N) is 1. The van der Waals surface area contributed by atoms with Crippen LogP contribution in [0.1, 0.15) is 23.9 Å². The summed E-state index contributed by atoms with van der Waals surface area (Å²) in [7, 11) is 0. The van der Waals surface area contributed by atoms with Gasteiger partial charge in [0.05, 0.1) is 17.9 Å². The molecule has 19 heavy (non-hydrogen) atoms. The minimum atomic E-state index is 0.721. The second-order valence-electron chi connectivity index (χ2n) is 4.65. The van der Waals surface area contributed by atoms with E-state index in [0.717, 1.165) is 41.5 Å². The summed E-state index contributed by atoms with van der Waals surface area (Å²) in [5, 5.41) is 0. The lowest BCUT2D eigenvalue weighted by Crippen LogP contribution is -2.25. The van der Waals surface area contributed by atoms with Gasteiger partial charge < -0.3 is 10.6 Å². The van der Waals surface area contributed by atoms with Crippen LogP contribution < -0.4 is 10.6 Å². The van der Waals surface area contributed by atoms with Crippen LogP contribution >= 0.6 is 0 Å². The Kier molecular flexibility index (Phi) is 4.00. The first-order chi connectivity index (χ1) is 9.11. The number of hydrogen-bond donors (Lipinski definition) is 1. The van der Waals surface area contributed by atoms with Crippen LogP contribution in [0.25, 0.3) is 0 Å².